The zero-order valence-electron chi connectivity index (χ0n) is 18.6. The number of hydrogen-bond donors (Lipinski definition) is 0. The van der Waals surface area contributed by atoms with Crippen LogP contribution in [-0.2, 0) is 9.59 Å². The number of para-hydroxylation sites is 1. The van der Waals surface area contributed by atoms with E-state index < -0.39 is 0 Å². The van der Waals surface area contributed by atoms with Crippen LogP contribution in [0.25, 0.3) is 0 Å². The third-order valence-corrected chi connectivity index (χ3v) is 6.53. The highest BCUT2D eigenvalue weighted by molar-refractivity contribution is 5.78. The topological polar surface area (TPSA) is 49.9 Å². The lowest BCUT2D eigenvalue weighted by Gasteiger charge is -2.43. The van der Waals surface area contributed by atoms with E-state index in [-0.39, 0.29) is 17.2 Å². The minimum Gasteiger partial charge on any atom is -0.493 e. The first kappa shape index (κ1) is 22.6. The Hall–Kier alpha value is -2.04. The number of benzene rings is 1. The summed E-state index contributed by atoms with van der Waals surface area (Å²) in [6, 6.07) is 9.81. The molecule has 2 saturated heterocycles. The van der Waals surface area contributed by atoms with Crippen molar-refractivity contribution in [2.75, 3.05) is 32.8 Å². The van der Waals surface area contributed by atoms with E-state index in [1.165, 1.54) is 6.42 Å². The van der Waals surface area contributed by atoms with Gasteiger partial charge in [0, 0.05) is 44.4 Å². The van der Waals surface area contributed by atoms with E-state index in [0.29, 0.717) is 26.0 Å². The van der Waals surface area contributed by atoms with E-state index in [0.717, 1.165) is 70.3 Å². The molecule has 2 aliphatic heterocycles. The molecule has 5 nitrogen and oxygen atoms in total. The van der Waals surface area contributed by atoms with Gasteiger partial charge in [-0.25, -0.2) is 0 Å². The van der Waals surface area contributed by atoms with Crippen LogP contribution < -0.4 is 4.74 Å². The van der Waals surface area contributed by atoms with E-state index in [1.807, 2.05) is 40.1 Å². The van der Waals surface area contributed by atoms with Gasteiger partial charge in [-0.2, -0.15) is 0 Å². The first-order valence-corrected chi connectivity index (χ1v) is 11.9. The molecule has 0 saturated carbocycles. The van der Waals surface area contributed by atoms with Gasteiger partial charge in [-0.1, -0.05) is 38.0 Å². The Morgan fingerprint density at radius 3 is 2.40 bits per heavy atom. The van der Waals surface area contributed by atoms with Crippen LogP contribution in [-0.4, -0.2) is 54.4 Å². The van der Waals surface area contributed by atoms with Gasteiger partial charge in [-0.15, -0.1) is 0 Å². The molecule has 2 fully saturated rings. The maximum absolute atomic E-state index is 13.1. The van der Waals surface area contributed by atoms with E-state index in [1.54, 1.807) is 0 Å². The van der Waals surface area contributed by atoms with Crippen LogP contribution in [0.1, 0.15) is 71.1 Å². The molecule has 0 bridgehead atoms. The number of carbonyl (C=O) groups is 2. The molecule has 0 aromatic heterocycles. The second-order valence-corrected chi connectivity index (χ2v) is 9.10. The molecular weight excluding hydrogens is 376 g/mol. The van der Waals surface area contributed by atoms with E-state index in [9.17, 15) is 9.59 Å². The third kappa shape index (κ3) is 6.48. The lowest BCUT2D eigenvalue weighted by molar-refractivity contribution is -0.142. The van der Waals surface area contributed by atoms with Crippen LogP contribution >= 0.6 is 0 Å². The molecule has 0 spiro atoms. The molecule has 2 amide bonds. The zero-order chi connectivity index (χ0) is 21.2. The smallest absolute Gasteiger partial charge is 0.223 e. The number of piperidine rings is 2. The second kappa shape index (κ2) is 11.4. The number of likely N-dealkylation sites (tertiary alicyclic amines) is 2. The van der Waals surface area contributed by atoms with Gasteiger partial charge in [0.1, 0.15) is 5.75 Å². The lowest BCUT2D eigenvalue weighted by atomic mass is 9.77. The van der Waals surface area contributed by atoms with Gasteiger partial charge in [0.05, 0.1) is 6.61 Å². The van der Waals surface area contributed by atoms with Crippen LogP contribution in [0.15, 0.2) is 30.3 Å². The van der Waals surface area contributed by atoms with E-state index in [4.69, 9.17) is 4.74 Å². The van der Waals surface area contributed by atoms with Crippen molar-refractivity contribution in [1.82, 2.24) is 9.80 Å². The maximum atomic E-state index is 13.1. The van der Waals surface area contributed by atoms with Gasteiger partial charge in [0.15, 0.2) is 0 Å². The molecule has 0 unspecified atom stereocenters. The molecule has 5 heteroatoms. The minimum absolute atomic E-state index is 0.228. The van der Waals surface area contributed by atoms with Crippen LogP contribution in [0, 0.1) is 5.41 Å². The standard InChI is InChI=1S/C25H38N2O3/c1-2-3-6-14-23(28)27-18-11-15-25(20-27,21-30-22-12-7-4-8-13-22)19-24(29)26-16-9-5-10-17-26/h4,7-8,12-13H,2-3,5-6,9-11,14-21H2,1H3/t25-/m1/s1. The SMILES string of the molecule is CCCCCC(=O)N1CCC[C@@](COc2ccccc2)(CC(=O)N2CCCCC2)C1. The van der Waals surface area contributed by atoms with Gasteiger partial charge in [0.2, 0.25) is 11.8 Å². The summed E-state index contributed by atoms with van der Waals surface area (Å²) in [6.45, 7) is 5.81. The Kier molecular flexibility index (Phi) is 8.59. The summed E-state index contributed by atoms with van der Waals surface area (Å²) in [5, 5.41) is 0. The Morgan fingerprint density at radius 2 is 1.67 bits per heavy atom. The van der Waals surface area contributed by atoms with E-state index in [2.05, 4.69) is 6.92 Å². The number of amides is 2. The van der Waals surface area contributed by atoms with Gasteiger partial charge in [-0.05, 0) is 50.7 Å². The summed E-state index contributed by atoms with van der Waals surface area (Å²) in [7, 11) is 0. The fraction of sp³-hybridized carbons (Fsp3) is 0.680. The van der Waals surface area contributed by atoms with Gasteiger partial charge in [-0.3, -0.25) is 9.59 Å². The summed E-state index contributed by atoms with van der Waals surface area (Å²) in [4.78, 5) is 30.0. The van der Waals surface area contributed by atoms with Crippen molar-refractivity contribution in [1.29, 1.82) is 0 Å². The van der Waals surface area contributed by atoms with Crippen molar-refractivity contribution in [3.8, 4) is 5.75 Å². The summed E-state index contributed by atoms with van der Waals surface area (Å²) in [5.41, 5.74) is -0.303. The molecule has 2 heterocycles. The average molecular weight is 415 g/mol. The quantitative estimate of drug-likeness (QED) is 0.552. The van der Waals surface area contributed by atoms with Crippen molar-refractivity contribution < 1.29 is 14.3 Å². The highest BCUT2D eigenvalue weighted by Crippen LogP contribution is 2.36. The van der Waals surface area contributed by atoms with Gasteiger partial charge >= 0.3 is 0 Å². The number of ether oxygens (including phenoxy) is 1. The molecule has 0 N–H and O–H groups in total. The average Bonchev–Trinajstić information content (AvgIpc) is 2.79. The van der Waals surface area contributed by atoms with E-state index >= 15 is 0 Å². The number of rotatable bonds is 9. The molecule has 1 aromatic rings. The highest BCUT2D eigenvalue weighted by atomic mass is 16.5. The molecule has 166 valence electrons. The molecule has 2 aliphatic rings. The lowest BCUT2D eigenvalue weighted by Crippen LogP contribution is -2.51. The summed E-state index contributed by atoms with van der Waals surface area (Å²) in [5.74, 6) is 1.29. The largest absolute Gasteiger partial charge is 0.493 e. The molecule has 0 radical (unpaired) electrons. The molecule has 3 rings (SSSR count). The Balaban J connectivity index is 1.68. The summed E-state index contributed by atoms with van der Waals surface area (Å²) in [6.07, 6.45) is 9.52. The number of hydrogen-bond acceptors (Lipinski definition) is 3. The molecule has 0 aliphatic carbocycles. The zero-order valence-corrected chi connectivity index (χ0v) is 18.6. The molecule has 1 aromatic carbocycles. The normalized spacial score (nSPS) is 22.0. The van der Waals surface area contributed by atoms with Gasteiger partial charge in [0.25, 0.3) is 0 Å². The van der Waals surface area contributed by atoms with Crippen LogP contribution in [0.2, 0.25) is 0 Å². The number of carbonyl (C=O) groups excluding carboxylic acids is 2. The predicted octanol–water partition coefficient (Wildman–Crippen LogP) is 4.66. The molecular formula is C25H38N2O3. The molecule has 1 atom stereocenters. The number of unbranched alkanes of at least 4 members (excludes halogenated alkanes) is 2. The Morgan fingerprint density at radius 1 is 0.933 bits per heavy atom. The third-order valence-electron chi connectivity index (χ3n) is 6.53. The maximum Gasteiger partial charge on any atom is 0.223 e. The monoisotopic (exact) mass is 414 g/mol. The Bertz CT molecular complexity index is 672. The van der Waals surface area contributed by atoms with Crippen LogP contribution in [0.4, 0.5) is 0 Å². The summed E-state index contributed by atoms with van der Waals surface area (Å²) < 4.78 is 6.15. The predicted molar refractivity (Wildman–Crippen MR) is 119 cm³/mol. The first-order chi connectivity index (χ1) is 14.6. The molecule has 30 heavy (non-hydrogen) atoms. The van der Waals surface area contributed by atoms with Crippen LogP contribution in [0.3, 0.4) is 0 Å². The van der Waals surface area contributed by atoms with Gasteiger partial charge < -0.3 is 14.5 Å². The van der Waals surface area contributed by atoms with Crippen molar-refractivity contribution in [2.45, 2.75) is 71.1 Å². The second-order valence-electron chi connectivity index (χ2n) is 9.10. The highest BCUT2D eigenvalue weighted by Gasteiger charge is 2.40. The van der Waals surface area contributed by atoms with Crippen LogP contribution in [0.5, 0.6) is 5.75 Å². The fourth-order valence-corrected chi connectivity index (χ4v) is 4.75. The van der Waals surface area contributed by atoms with Crippen molar-refractivity contribution >= 4 is 11.8 Å². The summed E-state index contributed by atoms with van der Waals surface area (Å²) >= 11 is 0. The number of nitrogens with zero attached hydrogens (tertiary/aromatic N) is 2. The minimum atomic E-state index is -0.303. The Labute approximate surface area is 181 Å². The van der Waals surface area contributed by atoms with Crippen molar-refractivity contribution in [3.05, 3.63) is 30.3 Å². The van der Waals surface area contributed by atoms with Crippen molar-refractivity contribution in [2.24, 2.45) is 5.41 Å². The fourth-order valence-electron chi connectivity index (χ4n) is 4.75. The first-order valence-electron chi connectivity index (χ1n) is 11.9. The van der Waals surface area contributed by atoms with Crippen molar-refractivity contribution in [3.63, 3.8) is 0 Å².